The molecule has 27 heavy (non-hydrogen) atoms. The van der Waals surface area contributed by atoms with Gasteiger partial charge < -0.3 is 14.7 Å². The minimum atomic E-state index is -4.32. The van der Waals surface area contributed by atoms with E-state index in [9.17, 15) is 18.3 Å². The van der Waals surface area contributed by atoms with Gasteiger partial charge in [-0.3, -0.25) is 4.90 Å². The number of aliphatic hydroxyl groups excluding tert-OH is 1. The number of hydrogen-bond donors (Lipinski definition) is 1. The van der Waals surface area contributed by atoms with Crippen LogP contribution in [0.15, 0.2) is 24.3 Å². The fraction of sp³-hybridized carbons (Fsp3) is 0.700. The maximum atomic E-state index is 12.9. The molecule has 0 amide bonds. The van der Waals surface area contributed by atoms with Gasteiger partial charge in [0.25, 0.3) is 0 Å². The molecule has 7 heteroatoms. The van der Waals surface area contributed by atoms with Crippen molar-refractivity contribution in [3.8, 4) is 0 Å². The Balaban J connectivity index is 1.43. The third-order valence-corrected chi connectivity index (χ3v) is 5.67. The smallest absolute Gasteiger partial charge is 0.389 e. The standard InChI is InChI=1S/C20H29F3N2O2/c1-15-4-2-7-19(15)27-14-18(26)13-24-8-10-25(11-9-24)17-6-3-5-16(12-17)20(21,22)23/h3,5-6,12,15,18-19,26H,2,4,7-11,13-14H2,1H3/t15-,18-,19+/m1/s1. The largest absolute Gasteiger partial charge is 0.416 e. The van der Waals surface area contributed by atoms with E-state index < -0.39 is 17.8 Å². The van der Waals surface area contributed by atoms with Gasteiger partial charge in [-0.2, -0.15) is 13.2 Å². The molecule has 152 valence electrons. The Kier molecular flexibility index (Phi) is 6.65. The molecule has 4 nitrogen and oxygen atoms in total. The lowest BCUT2D eigenvalue weighted by atomic mass is 10.1. The van der Waals surface area contributed by atoms with E-state index in [1.54, 1.807) is 6.07 Å². The van der Waals surface area contributed by atoms with Crippen LogP contribution in [0.2, 0.25) is 0 Å². The first-order valence-electron chi connectivity index (χ1n) is 9.77. The number of nitrogens with zero attached hydrogens (tertiary/aromatic N) is 2. The number of anilines is 1. The summed E-state index contributed by atoms with van der Waals surface area (Å²) in [7, 11) is 0. The first kappa shape index (κ1) is 20.4. The molecule has 1 saturated carbocycles. The highest BCUT2D eigenvalue weighted by atomic mass is 19.4. The van der Waals surface area contributed by atoms with Crippen molar-refractivity contribution in [3.63, 3.8) is 0 Å². The van der Waals surface area contributed by atoms with Gasteiger partial charge in [-0.15, -0.1) is 0 Å². The maximum absolute atomic E-state index is 12.9. The molecule has 3 rings (SSSR count). The summed E-state index contributed by atoms with van der Waals surface area (Å²) in [5, 5.41) is 10.3. The second-order valence-electron chi connectivity index (χ2n) is 7.77. The molecule has 3 atom stereocenters. The number of benzene rings is 1. The SMILES string of the molecule is C[C@@H]1CCC[C@@H]1OC[C@H](O)CN1CCN(c2cccc(C(F)(F)F)c2)CC1. The van der Waals surface area contributed by atoms with Gasteiger partial charge in [-0.25, -0.2) is 0 Å². The van der Waals surface area contributed by atoms with E-state index in [0.29, 0.717) is 50.9 Å². The Hall–Kier alpha value is -1.31. The van der Waals surface area contributed by atoms with Gasteiger partial charge in [0.1, 0.15) is 0 Å². The molecule has 1 aliphatic heterocycles. The highest BCUT2D eigenvalue weighted by Gasteiger charge is 2.31. The van der Waals surface area contributed by atoms with Crippen LogP contribution in [0.5, 0.6) is 0 Å². The average molecular weight is 386 g/mol. The summed E-state index contributed by atoms with van der Waals surface area (Å²) in [6.45, 7) is 5.81. The summed E-state index contributed by atoms with van der Waals surface area (Å²) >= 11 is 0. The maximum Gasteiger partial charge on any atom is 0.416 e. The Morgan fingerprint density at radius 1 is 1.19 bits per heavy atom. The van der Waals surface area contributed by atoms with Crippen LogP contribution in [0.4, 0.5) is 18.9 Å². The number of halogens is 3. The molecule has 2 aliphatic rings. The minimum Gasteiger partial charge on any atom is -0.389 e. The molecule has 0 unspecified atom stereocenters. The molecule has 1 aromatic carbocycles. The number of hydrogen-bond acceptors (Lipinski definition) is 4. The number of ether oxygens (including phenoxy) is 1. The van der Waals surface area contributed by atoms with E-state index in [-0.39, 0.29) is 6.10 Å². The lowest BCUT2D eigenvalue weighted by Crippen LogP contribution is -2.49. The monoisotopic (exact) mass is 386 g/mol. The zero-order valence-electron chi connectivity index (χ0n) is 15.8. The predicted octanol–water partition coefficient (Wildman–Crippen LogP) is 3.39. The summed E-state index contributed by atoms with van der Waals surface area (Å²) in [6.07, 6.45) is -1.13. The zero-order valence-corrected chi connectivity index (χ0v) is 15.8. The molecular weight excluding hydrogens is 357 g/mol. The number of aliphatic hydroxyl groups is 1. The highest BCUT2D eigenvalue weighted by molar-refractivity contribution is 5.49. The van der Waals surface area contributed by atoms with Crippen molar-refractivity contribution >= 4 is 5.69 Å². The Morgan fingerprint density at radius 2 is 1.93 bits per heavy atom. The van der Waals surface area contributed by atoms with Crippen LogP contribution < -0.4 is 4.90 Å². The van der Waals surface area contributed by atoms with E-state index in [1.807, 2.05) is 4.90 Å². The molecule has 0 spiro atoms. The van der Waals surface area contributed by atoms with Crippen LogP contribution in [0.3, 0.4) is 0 Å². The molecule has 1 aromatic rings. The van der Waals surface area contributed by atoms with E-state index in [0.717, 1.165) is 12.5 Å². The lowest BCUT2D eigenvalue weighted by Gasteiger charge is -2.37. The Morgan fingerprint density at radius 3 is 2.56 bits per heavy atom. The Bertz CT molecular complexity index is 603. The summed E-state index contributed by atoms with van der Waals surface area (Å²) in [6, 6.07) is 5.48. The van der Waals surface area contributed by atoms with Crippen molar-refractivity contribution in [2.75, 3.05) is 44.2 Å². The third-order valence-electron chi connectivity index (χ3n) is 5.67. The van der Waals surface area contributed by atoms with Crippen LogP contribution in [0.25, 0.3) is 0 Å². The van der Waals surface area contributed by atoms with Crippen LogP contribution in [0, 0.1) is 5.92 Å². The van der Waals surface area contributed by atoms with Crippen LogP contribution in [0.1, 0.15) is 31.7 Å². The number of piperazine rings is 1. The van der Waals surface area contributed by atoms with Crippen molar-refractivity contribution < 1.29 is 23.0 Å². The molecule has 1 N–H and O–H groups in total. The van der Waals surface area contributed by atoms with Crippen molar-refractivity contribution in [2.24, 2.45) is 5.92 Å². The van der Waals surface area contributed by atoms with E-state index in [1.165, 1.54) is 25.0 Å². The fourth-order valence-electron chi connectivity index (χ4n) is 4.01. The van der Waals surface area contributed by atoms with Crippen LogP contribution >= 0.6 is 0 Å². The number of rotatable bonds is 6. The van der Waals surface area contributed by atoms with Crippen molar-refractivity contribution in [1.29, 1.82) is 0 Å². The predicted molar refractivity (Wildman–Crippen MR) is 98.9 cm³/mol. The molecule has 0 aromatic heterocycles. The second kappa shape index (κ2) is 8.80. The zero-order chi connectivity index (χ0) is 19.4. The molecular formula is C20H29F3N2O2. The number of alkyl halides is 3. The first-order chi connectivity index (χ1) is 12.8. The molecule has 1 heterocycles. The first-order valence-corrected chi connectivity index (χ1v) is 9.77. The topological polar surface area (TPSA) is 35.9 Å². The second-order valence-corrected chi connectivity index (χ2v) is 7.77. The quantitative estimate of drug-likeness (QED) is 0.813. The molecule has 0 radical (unpaired) electrons. The van der Waals surface area contributed by atoms with Gasteiger partial charge in [0.2, 0.25) is 0 Å². The fourth-order valence-corrected chi connectivity index (χ4v) is 4.01. The normalized spacial score (nSPS) is 25.7. The van der Waals surface area contributed by atoms with Gasteiger partial charge in [0.15, 0.2) is 0 Å². The van der Waals surface area contributed by atoms with Gasteiger partial charge in [-0.1, -0.05) is 19.4 Å². The van der Waals surface area contributed by atoms with Crippen LogP contribution in [-0.2, 0) is 10.9 Å². The summed E-state index contributed by atoms with van der Waals surface area (Å²) in [5.74, 6) is 0.563. The average Bonchev–Trinajstić information content (AvgIpc) is 3.05. The third kappa shape index (κ3) is 5.59. The summed E-state index contributed by atoms with van der Waals surface area (Å²) < 4.78 is 44.5. The van der Waals surface area contributed by atoms with E-state index in [4.69, 9.17) is 4.74 Å². The van der Waals surface area contributed by atoms with Crippen molar-refractivity contribution in [3.05, 3.63) is 29.8 Å². The van der Waals surface area contributed by atoms with Crippen molar-refractivity contribution in [1.82, 2.24) is 4.90 Å². The summed E-state index contributed by atoms with van der Waals surface area (Å²) in [5.41, 5.74) is -0.0141. The Labute approximate surface area is 158 Å². The highest BCUT2D eigenvalue weighted by Crippen LogP contribution is 2.32. The van der Waals surface area contributed by atoms with Crippen molar-refractivity contribution in [2.45, 2.75) is 44.6 Å². The van der Waals surface area contributed by atoms with Gasteiger partial charge in [-0.05, 0) is 37.0 Å². The molecule has 1 aliphatic carbocycles. The van der Waals surface area contributed by atoms with E-state index in [2.05, 4.69) is 11.8 Å². The molecule has 1 saturated heterocycles. The van der Waals surface area contributed by atoms with Gasteiger partial charge in [0, 0.05) is 38.4 Å². The van der Waals surface area contributed by atoms with Gasteiger partial charge >= 0.3 is 6.18 Å². The lowest BCUT2D eigenvalue weighted by molar-refractivity contribution is -0.137. The number of β-amino-alcohol motifs (C(OH)–C–C–N with tert-alkyl or cyclic N) is 1. The van der Waals surface area contributed by atoms with Gasteiger partial charge in [0.05, 0.1) is 24.4 Å². The molecule has 0 bridgehead atoms. The van der Waals surface area contributed by atoms with Crippen LogP contribution in [-0.4, -0.2) is 61.5 Å². The molecule has 2 fully saturated rings. The summed E-state index contributed by atoms with van der Waals surface area (Å²) in [4.78, 5) is 4.12. The minimum absolute atomic E-state index is 0.261. The van der Waals surface area contributed by atoms with E-state index >= 15 is 0 Å².